The Morgan fingerprint density at radius 1 is 1.18 bits per heavy atom. The SMILES string of the molecule is CCNC(=O)N(Cc1ccc(F)cc1F)C[C@@H]1CC(c2ccc(F)cc2)=NO1. The lowest BCUT2D eigenvalue weighted by Gasteiger charge is -2.25. The largest absolute Gasteiger partial charge is 0.390 e. The van der Waals surface area contributed by atoms with Crippen LogP contribution in [-0.4, -0.2) is 35.8 Å². The van der Waals surface area contributed by atoms with E-state index in [1.54, 1.807) is 19.1 Å². The zero-order chi connectivity index (χ0) is 20.1. The maximum Gasteiger partial charge on any atom is 0.317 e. The van der Waals surface area contributed by atoms with Crippen molar-refractivity contribution in [3.8, 4) is 0 Å². The monoisotopic (exact) mass is 391 g/mol. The third-order valence-electron chi connectivity index (χ3n) is 4.33. The van der Waals surface area contributed by atoms with E-state index in [0.717, 1.165) is 17.7 Å². The lowest BCUT2D eigenvalue weighted by molar-refractivity contribution is 0.0588. The van der Waals surface area contributed by atoms with E-state index >= 15 is 0 Å². The molecule has 0 radical (unpaired) electrons. The summed E-state index contributed by atoms with van der Waals surface area (Å²) in [6, 6.07) is 8.75. The second-order valence-corrected chi connectivity index (χ2v) is 6.43. The average Bonchev–Trinajstić information content (AvgIpc) is 3.12. The van der Waals surface area contributed by atoms with Crippen LogP contribution >= 0.6 is 0 Å². The van der Waals surface area contributed by atoms with Crippen LogP contribution in [0.5, 0.6) is 0 Å². The van der Waals surface area contributed by atoms with Gasteiger partial charge < -0.3 is 15.1 Å². The molecular formula is C20H20F3N3O2. The summed E-state index contributed by atoms with van der Waals surface area (Å²) in [6.45, 7) is 2.31. The second-order valence-electron chi connectivity index (χ2n) is 6.43. The number of carbonyl (C=O) groups is 1. The first-order valence-electron chi connectivity index (χ1n) is 8.91. The minimum atomic E-state index is -0.718. The van der Waals surface area contributed by atoms with E-state index < -0.39 is 17.7 Å². The van der Waals surface area contributed by atoms with Crippen molar-refractivity contribution in [1.82, 2.24) is 10.2 Å². The Balaban J connectivity index is 1.68. The van der Waals surface area contributed by atoms with Gasteiger partial charge in [-0.15, -0.1) is 0 Å². The first-order chi connectivity index (χ1) is 13.5. The molecule has 1 N–H and O–H groups in total. The molecule has 1 aliphatic heterocycles. The number of hydrogen-bond donors (Lipinski definition) is 1. The van der Waals surface area contributed by atoms with Crippen LogP contribution in [0.25, 0.3) is 0 Å². The fourth-order valence-corrected chi connectivity index (χ4v) is 2.92. The van der Waals surface area contributed by atoms with Crippen LogP contribution in [-0.2, 0) is 11.4 Å². The Hall–Kier alpha value is -3.03. The molecule has 28 heavy (non-hydrogen) atoms. The zero-order valence-electron chi connectivity index (χ0n) is 15.3. The number of halogens is 3. The van der Waals surface area contributed by atoms with Crippen LogP contribution < -0.4 is 5.32 Å². The van der Waals surface area contributed by atoms with Crippen molar-refractivity contribution >= 4 is 11.7 Å². The van der Waals surface area contributed by atoms with Gasteiger partial charge >= 0.3 is 6.03 Å². The molecule has 0 aliphatic carbocycles. The van der Waals surface area contributed by atoms with E-state index in [4.69, 9.17) is 4.84 Å². The van der Waals surface area contributed by atoms with E-state index in [-0.39, 0.29) is 30.5 Å². The Labute approximate surface area is 160 Å². The van der Waals surface area contributed by atoms with Crippen LogP contribution in [0.3, 0.4) is 0 Å². The van der Waals surface area contributed by atoms with Gasteiger partial charge in [-0.25, -0.2) is 18.0 Å². The van der Waals surface area contributed by atoms with Gasteiger partial charge in [0.2, 0.25) is 0 Å². The highest BCUT2D eigenvalue weighted by atomic mass is 19.1. The molecule has 148 valence electrons. The van der Waals surface area contributed by atoms with Crippen LogP contribution in [0.15, 0.2) is 47.6 Å². The molecular weight excluding hydrogens is 371 g/mol. The summed E-state index contributed by atoms with van der Waals surface area (Å²) in [5, 5.41) is 6.70. The molecule has 0 saturated heterocycles. The highest BCUT2D eigenvalue weighted by molar-refractivity contribution is 6.01. The quantitative estimate of drug-likeness (QED) is 0.814. The number of nitrogens with one attached hydrogen (secondary N) is 1. The highest BCUT2D eigenvalue weighted by Gasteiger charge is 2.27. The Bertz CT molecular complexity index is 871. The zero-order valence-corrected chi connectivity index (χ0v) is 15.3. The standard InChI is InChI=1S/C20H20F3N3O2/c1-2-24-20(27)26(11-14-5-8-16(22)9-18(14)23)12-17-10-19(25-28-17)13-3-6-15(21)7-4-13/h3-9,17H,2,10-12H2,1H3,(H,24,27)/t17-/m0/s1. The molecule has 1 aliphatic rings. The molecule has 0 saturated carbocycles. The number of urea groups is 1. The van der Waals surface area contributed by atoms with E-state index in [0.29, 0.717) is 18.7 Å². The molecule has 0 spiro atoms. The molecule has 0 aromatic heterocycles. The van der Waals surface area contributed by atoms with Gasteiger partial charge in [-0.2, -0.15) is 0 Å². The second kappa shape index (κ2) is 8.77. The van der Waals surface area contributed by atoms with Crippen molar-refractivity contribution in [3.63, 3.8) is 0 Å². The molecule has 5 nitrogen and oxygen atoms in total. The summed E-state index contributed by atoms with van der Waals surface area (Å²) in [5.74, 6) is -1.74. The number of amides is 2. The molecule has 8 heteroatoms. The number of hydrogen-bond acceptors (Lipinski definition) is 3. The minimum Gasteiger partial charge on any atom is -0.390 e. The molecule has 0 fully saturated rings. The third-order valence-corrected chi connectivity index (χ3v) is 4.33. The summed E-state index contributed by atoms with van der Waals surface area (Å²) in [4.78, 5) is 19.2. The number of rotatable bonds is 6. The Morgan fingerprint density at radius 2 is 1.89 bits per heavy atom. The fourth-order valence-electron chi connectivity index (χ4n) is 2.92. The van der Waals surface area contributed by atoms with E-state index in [2.05, 4.69) is 10.5 Å². The van der Waals surface area contributed by atoms with Crippen LogP contribution in [0.1, 0.15) is 24.5 Å². The van der Waals surface area contributed by atoms with Crippen molar-refractivity contribution in [2.75, 3.05) is 13.1 Å². The minimum absolute atomic E-state index is 0.0380. The van der Waals surface area contributed by atoms with Gasteiger partial charge in [0.05, 0.1) is 18.8 Å². The molecule has 1 heterocycles. The number of carbonyl (C=O) groups excluding carboxylic acids is 1. The lowest BCUT2D eigenvalue weighted by atomic mass is 10.0. The summed E-state index contributed by atoms with van der Waals surface area (Å²) >= 11 is 0. The van der Waals surface area contributed by atoms with Crippen molar-refractivity contribution < 1.29 is 22.8 Å². The van der Waals surface area contributed by atoms with E-state index in [9.17, 15) is 18.0 Å². The van der Waals surface area contributed by atoms with Gasteiger partial charge in [0.25, 0.3) is 0 Å². The maximum absolute atomic E-state index is 14.0. The number of oxime groups is 1. The summed E-state index contributed by atoms with van der Waals surface area (Å²) in [7, 11) is 0. The number of nitrogens with zero attached hydrogens (tertiary/aromatic N) is 2. The van der Waals surface area contributed by atoms with Crippen LogP contribution in [0, 0.1) is 17.5 Å². The molecule has 1 atom stereocenters. The third kappa shape index (κ3) is 4.82. The van der Waals surface area contributed by atoms with Crippen LogP contribution in [0.2, 0.25) is 0 Å². The predicted molar refractivity (Wildman–Crippen MR) is 98.3 cm³/mol. The molecule has 0 unspecified atom stereocenters. The fraction of sp³-hybridized carbons (Fsp3) is 0.300. The molecule has 2 aromatic carbocycles. The summed E-state index contributed by atoms with van der Waals surface area (Å²) in [6.07, 6.45) is -0.000799. The highest BCUT2D eigenvalue weighted by Crippen LogP contribution is 2.20. The lowest BCUT2D eigenvalue weighted by Crippen LogP contribution is -2.43. The molecule has 2 amide bonds. The molecule has 0 bridgehead atoms. The Morgan fingerprint density at radius 3 is 2.57 bits per heavy atom. The Kier molecular flexibility index (Phi) is 6.18. The topological polar surface area (TPSA) is 53.9 Å². The van der Waals surface area contributed by atoms with Gasteiger partial charge in [0.1, 0.15) is 17.5 Å². The van der Waals surface area contributed by atoms with Gasteiger partial charge in [0, 0.05) is 24.6 Å². The van der Waals surface area contributed by atoms with Crippen molar-refractivity contribution in [2.45, 2.75) is 26.0 Å². The van der Waals surface area contributed by atoms with E-state index in [1.165, 1.54) is 23.1 Å². The van der Waals surface area contributed by atoms with E-state index in [1.807, 2.05) is 0 Å². The van der Waals surface area contributed by atoms with Gasteiger partial charge in [0.15, 0.2) is 6.10 Å². The summed E-state index contributed by atoms with van der Waals surface area (Å²) in [5.41, 5.74) is 1.58. The van der Waals surface area contributed by atoms with Gasteiger partial charge in [-0.05, 0) is 30.7 Å². The smallest absolute Gasteiger partial charge is 0.317 e. The van der Waals surface area contributed by atoms with Crippen molar-refractivity contribution in [1.29, 1.82) is 0 Å². The number of benzene rings is 2. The average molecular weight is 391 g/mol. The molecule has 3 rings (SSSR count). The maximum atomic E-state index is 14.0. The summed E-state index contributed by atoms with van der Waals surface area (Å²) < 4.78 is 40.2. The van der Waals surface area contributed by atoms with Gasteiger partial charge in [-0.1, -0.05) is 23.4 Å². The van der Waals surface area contributed by atoms with Crippen molar-refractivity contribution in [3.05, 3.63) is 71.0 Å². The predicted octanol–water partition coefficient (Wildman–Crippen LogP) is 3.83. The van der Waals surface area contributed by atoms with Crippen molar-refractivity contribution in [2.24, 2.45) is 5.16 Å². The van der Waals surface area contributed by atoms with Crippen LogP contribution in [0.4, 0.5) is 18.0 Å². The first kappa shape index (κ1) is 19.7. The normalized spacial score (nSPS) is 15.7. The van der Waals surface area contributed by atoms with Gasteiger partial charge in [-0.3, -0.25) is 0 Å². The molecule has 2 aromatic rings. The first-order valence-corrected chi connectivity index (χ1v) is 8.91.